The number of nitrogens with zero attached hydrogens (tertiary/aromatic N) is 2. The molecule has 224 valence electrons. The average molecular weight is 592 g/mol. The van der Waals surface area contributed by atoms with E-state index < -0.39 is 46.8 Å². The fraction of sp³-hybridized carbons (Fsp3) is 0.314. The van der Waals surface area contributed by atoms with E-state index in [1.54, 1.807) is 18.2 Å². The van der Waals surface area contributed by atoms with Crippen LogP contribution in [0.25, 0.3) is 0 Å². The molecule has 2 aliphatic heterocycles. The Labute approximate surface area is 255 Å². The van der Waals surface area contributed by atoms with Gasteiger partial charge in [0, 0.05) is 18.5 Å². The van der Waals surface area contributed by atoms with Gasteiger partial charge in [0.2, 0.25) is 11.8 Å². The molecule has 3 aromatic carbocycles. The molecule has 0 spiro atoms. The van der Waals surface area contributed by atoms with Gasteiger partial charge in [0.15, 0.2) is 0 Å². The molecule has 3 fully saturated rings. The van der Waals surface area contributed by atoms with Gasteiger partial charge in [-0.15, -0.1) is 0 Å². The van der Waals surface area contributed by atoms with Gasteiger partial charge in [0.05, 0.1) is 36.0 Å². The zero-order chi connectivity index (χ0) is 30.9. The molecular weight excluding hydrogens is 558 g/mol. The third kappa shape index (κ3) is 3.71. The Morgan fingerprint density at radius 1 is 0.886 bits per heavy atom. The van der Waals surface area contributed by atoms with Gasteiger partial charge in [0.1, 0.15) is 11.5 Å². The first-order valence-corrected chi connectivity index (χ1v) is 14.8. The number of amides is 4. The number of nitrogens with one attached hydrogen (secondary N) is 1. The van der Waals surface area contributed by atoms with Crippen molar-refractivity contribution >= 4 is 29.3 Å². The molecule has 1 saturated carbocycles. The Hall–Kier alpha value is -4.92. The van der Waals surface area contributed by atoms with Gasteiger partial charge in [-0.1, -0.05) is 65.7 Å². The van der Waals surface area contributed by atoms with E-state index in [9.17, 15) is 19.5 Å². The highest BCUT2D eigenvalue weighted by molar-refractivity contribution is 6.13. The number of hydrogen-bond acceptors (Lipinski definition) is 7. The van der Waals surface area contributed by atoms with Crippen molar-refractivity contribution in [1.82, 2.24) is 9.91 Å². The second-order valence-corrected chi connectivity index (χ2v) is 12.2. The van der Waals surface area contributed by atoms with Crippen molar-refractivity contribution in [3.8, 4) is 11.5 Å². The first-order chi connectivity index (χ1) is 21.2. The molecule has 6 atom stereocenters. The van der Waals surface area contributed by atoms with Crippen LogP contribution in [0.2, 0.25) is 0 Å². The number of likely N-dealkylation sites (tertiary alicyclic amines) is 1. The molecule has 44 heavy (non-hydrogen) atoms. The number of methoxy groups -OCH3 is 1. The van der Waals surface area contributed by atoms with Crippen molar-refractivity contribution in [3.05, 3.63) is 101 Å². The Balaban J connectivity index is 1.50. The van der Waals surface area contributed by atoms with Crippen LogP contribution in [0.4, 0.5) is 5.69 Å². The first kappa shape index (κ1) is 27.9. The van der Waals surface area contributed by atoms with E-state index in [1.165, 1.54) is 19.1 Å². The molecule has 9 nitrogen and oxygen atoms in total. The molecule has 9 heteroatoms. The highest BCUT2D eigenvalue weighted by Gasteiger charge is 2.70. The van der Waals surface area contributed by atoms with Crippen LogP contribution >= 0.6 is 0 Å². The topological polar surface area (TPSA) is 116 Å². The lowest BCUT2D eigenvalue weighted by atomic mass is 9.49. The fourth-order valence-electron chi connectivity index (χ4n) is 8.22. The van der Waals surface area contributed by atoms with Crippen molar-refractivity contribution in [2.45, 2.75) is 31.1 Å². The molecule has 7 rings (SSSR count). The van der Waals surface area contributed by atoms with Crippen LogP contribution in [0.1, 0.15) is 35.4 Å². The summed E-state index contributed by atoms with van der Waals surface area (Å²) in [6.45, 7) is 1.95. The van der Waals surface area contributed by atoms with Crippen LogP contribution in [-0.4, -0.2) is 52.8 Å². The van der Waals surface area contributed by atoms with Gasteiger partial charge in [-0.05, 0) is 55.5 Å². The van der Waals surface area contributed by atoms with E-state index in [0.29, 0.717) is 29.0 Å². The minimum atomic E-state index is -1.48. The standard InChI is InChI=1S/C35H33N3O6/c1-19-12-14-21(15-13-19)36-38-32(41)25-18-24-22(16-17-23-28(24)33(42)37(2)31(23)40)30(29-26(39)10-7-11-27(29)44-3)35(25,34(38)43)20-8-5-4-6-9-20/h4-16,23-25,28,30,36,39H,17-18H2,1-3H3/t23-,24+,25-,28-,30+,35+/m0/s1. The number of fused-ring (bicyclic) bond motifs is 4. The third-order valence-corrected chi connectivity index (χ3v) is 10.2. The number of hydrogen-bond donors (Lipinski definition) is 2. The van der Waals surface area contributed by atoms with Crippen molar-refractivity contribution in [3.63, 3.8) is 0 Å². The first-order valence-electron chi connectivity index (χ1n) is 14.8. The smallest absolute Gasteiger partial charge is 0.260 e. The lowest BCUT2D eigenvalue weighted by Gasteiger charge is -2.50. The summed E-state index contributed by atoms with van der Waals surface area (Å²) in [6.07, 6.45) is 2.47. The van der Waals surface area contributed by atoms with E-state index in [2.05, 4.69) is 5.43 Å². The van der Waals surface area contributed by atoms with Crippen LogP contribution in [0.5, 0.6) is 11.5 Å². The van der Waals surface area contributed by atoms with Crippen LogP contribution in [0.15, 0.2) is 84.4 Å². The molecular formula is C35H33N3O6. The third-order valence-electron chi connectivity index (χ3n) is 10.2. The maximum absolute atomic E-state index is 15.1. The Bertz CT molecular complexity index is 1730. The minimum Gasteiger partial charge on any atom is -0.508 e. The summed E-state index contributed by atoms with van der Waals surface area (Å²) < 4.78 is 5.78. The van der Waals surface area contributed by atoms with Crippen LogP contribution < -0.4 is 10.2 Å². The summed E-state index contributed by atoms with van der Waals surface area (Å²) in [6, 6.07) is 21.5. The van der Waals surface area contributed by atoms with Gasteiger partial charge < -0.3 is 9.84 Å². The van der Waals surface area contributed by atoms with Gasteiger partial charge in [-0.2, -0.15) is 5.01 Å². The number of ether oxygens (including phenoxy) is 1. The number of rotatable bonds is 5. The zero-order valence-corrected chi connectivity index (χ0v) is 24.7. The summed E-state index contributed by atoms with van der Waals surface area (Å²) in [5.74, 6) is -4.57. The molecule has 4 amide bonds. The van der Waals surface area contributed by atoms with Crippen LogP contribution in [-0.2, 0) is 24.6 Å². The number of phenolic OH excluding ortho intramolecular Hbond substituents is 1. The summed E-state index contributed by atoms with van der Waals surface area (Å²) in [7, 11) is 3.00. The predicted octanol–water partition coefficient (Wildman–Crippen LogP) is 4.32. The SMILES string of the molecule is COc1cccc(O)c1[C@H]1C2=CC[C@@H]3C(=O)N(C)C(=O)[C@@H]3[C@@H]2C[C@H]2C(=O)N(Nc3ccc(C)cc3)C(=O)[C@@]12c1ccccc1. The molecule has 0 radical (unpaired) electrons. The summed E-state index contributed by atoms with van der Waals surface area (Å²) >= 11 is 0. The molecule has 3 aromatic rings. The lowest BCUT2D eigenvalue weighted by Crippen LogP contribution is -2.53. The lowest BCUT2D eigenvalue weighted by molar-refractivity contribution is -0.140. The Morgan fingerprint density at radius 3 is 2.32 bits per heavy atom. The molecule has 2 saturated heterocycles. The molecule has 0 aromatic heterocycles. The maximum atomic E-state index is 15.1. The summed E-state index contributed by atoms with van der Waals surface area (Å²) in [4.78, 5) is 57.5. The van der Waals surface area contributed by atoms with Crippen molar-refractivity contribution < 1.29 is 29.0 Å². The van der Waals surface area contributed by atoms with Gasteiger partial charge in [0.25, 0.3) is 11.8 Å². The number of carbonyl (C=O) groups excluding carboxylic acids is 4. The van der Waals surface area contributed by atoms with Crippen LogP contribution in [0.3, 0.4) is 0 Å². The zero-order valence-electron chi connectivity index (χ0n) is 24.7. The van der Waals surface area contributed by atoms with Crippen molar-refractivity contribution in [2.75, 3.05) is 19.6 Å². The van der Waals surface area contributed by atoms with Gasteiger partial charge in [-0.3, -0.25) is 29.5 Å². The second-order valence-electron chi connectivity index (χ2n) is 12.2. The van der Waals surface area contributed by atoms with E-state index in [-0.39, 0.29) is 24.0 Å². The highest BCUT2D eigenvalue weighted by Crippen LogP contribution is 2.65. The van der Waals surface area contributed by atoms with Gasteiger partial charge >= 0.3 is 0 Å². The number of aryl methyl sites for hydroxylation is 1. The van der Waals surface area contributed by atoms with Crippen molar-refractivity contribution in [2.24, 2.45) is 23.7 Å². The highest BCUT2D eigenvalue weighted by atomic mass is 16.5. The molecule has 0 unspecified atom stereocenters. The summed E-state index contributed by atoms with van der Waals surface area (Å²) in [5, 5.41) is 12.6. The molecule has 2 N–H and O–H groups in total. The predicted molar refractivity (Wildman–Crippen MR) is 161 cm³/mol. The number of carbonyl (C=O) groups is 4. The average Bonchev–Trinajstić information content (AvgIpc) is 3.39. The minimum absolute atomic E-state index is 0.0804. The molecule has 4 aliphatic rings. The quantitative estimate of drug-likeness (QED) is 0.335. The number of phenols is 1. The number of hydrazine groups is 1. The maximum Gasteiger partial charge on any atom is 0.260 e. The van der Waals surface area contributed by atoms with Crippen LogP contribution in [0, 0.1) is 30.6 Å². The van der Waals surface area contributed by atoms with Crippen molar-refractivity contribution in [1.29, 1.82) is 0 Å². The van der Waals surface area contributed by atoms with E-state index >= 15 is 4.79 Å². The Kier molecular flexibility index (Phi) is 6.39. The summed E-state index contributed by atoms with van der Waals surface area (Å²) in [5.41, 5.74) is 4.97. The molecule has 0 bridgehead atoms. The largest absolute Gasteiger partial charge is 0.508 e. The van der Waals surface area contributed by atoms with E-state index in [0.717, 1.165) is 16.1 Å². The van der Waals surface area contributed by atoms with E-state index in [1.807, 2.05) is 67.6 Å². The number of anilines is 1. The number of aromatic hydroxyl groups is 1. The van der Waals surface area contributed by atoms with Gasteiger partial charge in [-0.25, -0.2) is 0 Å². The number of imide groups is 2. The molecule has 2 aliphatic carbocycles. The van der Waals surface area contributed by atoms with E-state index in [4.69, 9.17) is 4.74 Å². The molecule has 2 heterocycles. The Morgan fingerprint density at radius 2 is 1.61 bits per heavy atom. The normalized spacial score (nSPS) is 29.2. The second kappa shape index (κ2) is 10.1. The monoisotopic (exact) mass is 591 g/mol. The number of allylic oxidation sites excluding steroid dienone is 2. The fourth-order valence-corrected chi connectivity index (χ4v) is 8.22. The number of benzene rings is 3.